The van der Waals surface area contributed by atoms with Crippen molar-refractivity contribution < 1.29 is 15.0 Å². The molecule has 0 aliphatic carbocycles. The molecule has 0 aliphatic rings. The van der Waals surface area contributed by atoms with Crippen LogP contribution in [0, 0.1) is 0 Å². The van der Waals surface area contributed by atoms with Gasteiger partial charge in [-0.25, -0.2) is 0 Å². The molecular weight excluding hydrogens is 224 g/mol. The molecule has 1 aromatic carbocycles. The Balaban J connectivity index is 2.81. The molecule has 0 fully saturated rings. The van der Waals surface area contributed by atoms with Crippen LogP contribution < -0.4 is 0 Å². The molecule has 2 N–H and O–H groups in total. The molecule has 3 unspecified atom stereocenters. The molecule has 0 radical (unpaired) electrons. The highest BCUT2D eigenvalue weighted by molar-refractivity contribution is 8.00. The highest BCUT2D eigenvalue weighted by Gasteiger charge is 2.24. The van der Waals surface area contributed by atoms with Crippen LogP contribution in [-0.2, 0) is 4.79 Å². The van der Waals surface area contributed by atoms with Crippen LogP contribution in [0.25, 0.3) is 0 Å². The summed E-state index contributed by atoms with van der Waals surface area (Å²) in [4.78, 5) is 11.2. The molecule has 0 amide bonds. The maximum absolute atomic E-state index is 11.2. The van der Waals surface area contributed by atoms with E-state index in [-0.39, 0.29) is 5.25 Å². The van der Waals surface area contributed by atoms with Gasteiger partial charge in [-0.3, -0.25) is 4.79 Å². The standard InChI is InChI=1S/C12H16O3S/c1-8(13)9(2)16-11(12(14)15)10-6-4-3-5-7-10/h3-9,11,13H,1-2H3,(H,14,15). The second-order valence-corrected chi connectivity index (χ2v) is 5.20. The Morgan fingerprint density at radius 1 is 1.25 bits per heavy atom. The Hall–Kier alpha value is -1.00. The van der Waals surface area contributed by atoms with Crippen molar-refractivity contribution in [3.8, 4) is 0 Å². The van der Waals surface area contributed by atoms with E-state index in [1.807, 2.05) is 25.1 Å². The Bertz CT molecular complexity index is 337. The minimum absolute atomic E-state index is 0.110. The fourth-order valence-electron chi connectivity index (χ4n) is 1.24. The van der Waals surface area contributed by atoms with E-state index in [4.69, 9.17) is 5.11 Å². The molecule has 88 valence electrons. The molecule has 3 atom stereocenters. The molecule has 1 aromatic rings. The third-order valence-corrected chi connectivity index (χ3v) is 3.93. The van der Waals surface area contributed by atoms with Gasteiger partial charge < -0.3 is 10.2 Å². The van der Waals surface area contributed by atoms with Gasteiger partial charge in [-0.1, -0.05) is 37.3 Å². The number of carboxylic acids is 1. The van der Waals surface area contributed by atoms with E-state index in [9.17, 15) is 9.90 Å². The molecule has 0 saturated heterocycles. The topological polar surface area (TPSA) is 57.5 Å². The van der Waals surface area contributed by atoms with Crippen LogP contribution >= 0.6 is 11.8 Å². The van der Waals surface area contributed by atoms with Crippen molar-refractivity contribution in [3.05, 3.63) is 35.9 Å². The summed E-state index contributed by atoms with van der Waals surface area (Å²) in [6.45, 7) is 3.50. The molecule has 1 rings (SSSR count). The third-order valence-electron chi connectivity index (χ3n) is 2.36. The summed E-state index contributed by atoms with van der Waals surface area (Å²) in [6.07, 6.45) is -0.518. The first-order chi connectivity index (χ1) is 7.52. The summed E-state index contributed by atoms with van der Waals surface area (Å²) in [6, 6.07) is 9.07. The van der Waals surface area contributed by atoms with E-state index in [1.165, 1.54) is 11.8 Å². The number of aliphatic carboxylic acids is 1. The highest BCUT2D eigenvalue weighted by atomic mass is 32.2. The van der Waals surface area contributed by atoms with Gasteiger partial charge >= 0.3 is 5.97 Å². The monoisotopic (exact) mass is 240 g/mol. The zero-order valence-corrected chi connectivity index (χ0v) is 10.1. The lowest BCUT2D eigenvalue weighted by Crippen LogP contribution is -2.20. The van der Waals surface area contributed by atoms with Gasteiger partial charge in [0.25, 0.3) is 0 Å². The average molecular weight is 240 g/mol. The van der Waals surface area contributed by atoms with Crippen LogP contribution in [0.5, 0.6) is 0 Å². The zero-order chi connectivity index (χ0) is 12.1. The van der Waals surface area contributed by atoms with E-state index in [1.54, 1.807) is 19.1 Å². The minimum atomic E-state index is -0.872. The van der Waals surface area contributed by atoms with E-state index >= 15 is 0 Å². The van der Waals surface area contributed by atoms with Crippen molar-refractivity contribution in [1.82, 2.24) is 0 Å². The summed E-state index contributed by atoms with van der Waals surface area (Å²) in [5, 5.41) is 17.8. The van der Waals surface area contributed by atoms with Gasteiger partial charge in [-0.15, -0.1) is 11.8 Å². The fraction of sp³-hybridized carbons (Fsp3) is 0.417. The number of benzene rings is 1. The normalized spacial score (nSPS) is 16.4. The van der Waals surface area contributed by atoms with E-state index < -0.39 is 17.3 Å². The number of carboxylic acid groups (broad SMARTS) is 1. The second-order valence-electron chi connectivity index (χ2n) is 3.71. The van der Waals surface area contributed by atoms with Crippen LogP contribution in [-0.4, -0.2) is 27.5 Å². The van der Waals surface area contributed by atoms with Gasteiger partial charge in [0.15, 0.2) is 0 Å². The Kier molecular flexibility index (Phi) is 4.83. The predicted octanol–water partition coefficient (Wildman–Crippen LogP) is 2.31. The summed E-state index contributed by atoms with van der Waals surface area (Å²) in [7, 11) is 0. The molecule has 0 spiro atoms. The number of aliphatic hydroxyl groups is 1. The van der Waals surface area contributed by atoms with Gasteiger partial charge in [0, 0.05) is 5.25 Å². The van der Waals surface area contributed by atoms with E-state index in [0.29, 0.717) is 0 Å². The lowest BCUT2D eigenvalue weighted by Gasteiger charge is -2.19. The van der Waals surface area contributed by atoms with Crippen LogP contribution in [0.4, 0.5) is 0 Å². The molecule has 3 nitrogen and oxygen atoms in total. The Morgan fingerprint density at radius 2 is 1.81 bits per heavy atom. The van der Waals surface area contributed by atoms with Crippen molar-refractivity contribution in [1.29, 1.82) is 0 Å². The molecular formula is C12H16O3S. The summed E-state index contributed by atoms with van der Waals surface area (Å²) in [5.74, 6) is -0.872. The van der Waals surface area contributed by atoms with Crippen molar-refractivity contribution in [2.75, 3.05) is 0 Å². The van der Waals surface area contributed by atoms with Crippen molar-refractivity contribution in [2.24, 2.45) is 0 Å². The van der Waals surface area contributed by atoms with Crippen molar-refractivity contribution in [2.45, 2.75) is 30.5 Å². The van der Waals surface area contributed by atoms with Gasteiger partial charge in [0.1, 0.15) is 5.25 Å². The zero-order valence-electron chi connectivity index (χ0n) is 9.33. The fourth-order valence-corrected chi connectivity index (χ4v) is 2.32. The number of thioether (sulfide) groups is 1. The smallest absolute Gasteiger partial charge is 0.321 e. The highest BCUT2D eigenvalue weighted by Crippen LogP contribution is 2.33. The van der Waals surface area contributed by atoms with Crippen LogP contribution in [0.1, 0.15) is 24.7 Å². The van der Waals surface area contributed by atoms with Crippen LogP contribution in [0.3, 0.4) is 0 Å². The molecule has 0 aliphatic heterocycles. The van der Waals surface area contributed by atoms with Gasteiger partial charge in [0.2, 0.25) is 0 Å². The molecule has 4 heteroatoms. The van der Waals surface area contributed by atoms with Gasteiger partial charge in [-0.05, 0) is 12.5 Å². The number of aliphatic hydroxyl groups excluding tert-OH is 1. The average Bonchev–Trinajstić information content (AvgIpc) is 2.26. The lowest BCUT2D eigenvalue weighted by atomic mass is 10.1. The number of rotatable bonds is 5. The lowest BCUT2D eigenvalue weighted by molar-refractivity contribution is -0.136. The number of hydrogen-bond donors (Lipinski definition) is 2. The number of carbonyl (C=O) groups is 1. The maximum atomic E-state index is 11.2. The number of hydrogen-bond acceptors (Lipinski definition) is 3. The maximum Gasteiger partial charge on any atom is 0.321 e. The predicted molar refractivity (Wildman–Crippen MR) is 65.6 cm³/mol. The Labute approximate surface area is 99.5 Å². The third kappa shape index (κ3) is 3.54. The molecule has 0 saturated carbocycles. The van der Waals surface area contributed by atoms with Crippen LogP contribution in [0.2, 0.25) is 0 Å². The molecule has 0 bridgehead atoms. The SMILES string of the molecule is CC(O)C(C)SC(C(=O)O)c1ccccc1. The first-order valence-corrected chi connectivity index (χ1v) is 6.08. The van der Waals surface area contributed by atoms with Gasteiger partial charge in [0.05, 0.1) is 6.10 Å². The molecule has 16 heavy (non-hydrogen) atoms. The van der Waals surface area contributed by atoms with Crippen LogP contribution in [0.15, 0.2) is 30.3 Å². The molecule has 0 heterocycles. The first-order valence-electron chi connectivity index (χ1n) is 5.13. The van der Waals surface area contributed by atoms with Crippen molar-refractivity contribution in [3.63, 3.8) is 0 Å². The quantitative estimate of drug-likeness (QED) is 0.829. The summed E-state index contributed by atoms with van der Waals surface area (Å²) >= 11 is 1.26. The van der Waals surface area contributed by atoms with E-state index in [0.717, 1.165) is 5.56 Å². The largest absolute Gasteiger partial charge is 0.480 e. The summed E-state index contributed by atoms with van der Waals surface area (Å²) < 4.78 is 0. The Morgan fingerprint density at radius 3 is 2.25 bits per heavy atom. The van der Waals surface area contributed by atoms with E-state index in [2.05, 4.69) is 0 Å². The second kappa shape index (κ2) is 5.92. The summed E-state index contributed by atoms with van der Waals surface area (Å²) in [5.41, 5.74) is 0.757. The first kappa shape index (κ1) is 13.1. The van der Waals surface area contributed by atoms with Gasteiger partial charge in [-0.2, -0.15) is 0 Å². The minimum Gasteiger partial charge on any atom is -0.480 e. The molecule has 0 aromatic heterocycles. The van der Waals surface area contributed by atoms with Crippen molar-refractivity contribution >= 4 is 17.7 Å².